The lowest BCUT2D eigenvalue weighted by Gasteiger charge is -2.12. The molecule has 1 aromatic carbocycles. The van der Waals surface area contributed by atoms with Crippen LogP contribution in [0.25, 0.3) is 5.65 Å². The van der Waals surface area contributed by atoms with Crippen LogP contribution in [0.15, 0.2) is 53.6 Å². The summed E-state index contributed by atoms with van der Waals surface area (Å²) >= 11 is 0. The molecular weight excluding hydrogens is 338 g/mol. The molecule has 0 radical (unpaired) electrons. The number of carbonyl (C=O) groups is 3. The third-order valence-corrected chi connectivity index (χ3v) is 4.00. The number of aryl methyl sites for hydroxylation is 1. The van der Waals surface area contributed by atoms with Gasteiger partial charge in [0.05, 0.1) is 11.1 Å². The van der Waals surface area contributed by atoms with Gasteiger partial charge in [-0.15, -0.1) is 0 Å². The number of benzene rings is 1. The van der Waals surface area contributed by atoms with Crippen molar-refractivity contribution in [2.75, 3.05) is 0 Å². The number of hydrogen-bond acceptors (Lipinski definition) is 6. The van der Waals surface area contributed by atoms with Crippen LogP contribution >= 0.6 is 0 Å². The van der Waals surface area contributed by atoms with Gasteiger partial charge in [-0.05, 0) is 30.7 Å². The van der Waals surface area contributed by atoms with Crippen LogP contribution in [0, 0.1) is 6.92 Å². The molecule has 26 heavy (non-hydrogen) atoms. The highest BCUT2D eigenvalue weighted by Crippen LogP contribution is 2.23. The molecule has 8 heteroatoms. The van der Waals surface area contributed by atoms with Crippen molar-refractivity contribution in [3.8, 4) is 0 Å². The highest BCUT2D eigenvalue weighted by Gasteiger charge is 2.39. The standard InChI is InChI=1S/C18H11N3O5/c1-10-6-7-14-19-8-13(15(22)20(14)9-10)18(25)26-21-16(23)11-4-2-3-5-12(11)17(21)24/h2-9H,1H3. The first-order chi connectivity index (χ1) is 12.5. The van der Waals surface area contributed by atoms with Gasteiger partial charge in [0.1, 0.15) is 11.2 Å². The number of nitrogens with zero attached hydrogens (tertiary/aromatic N) is 3. The number of carbonyl (C=O) groups excluding carboxylic acids is 3. The minimum absolute atomic E-state index is 0.134. The van der Waals surface area contributed by atoms with Gasteiger partial charge in [0.2, 0.25) is 0 Å². The Labute approximate surface area is 146 Å². The third-order valence-electron chi connectivity index (χ3n) is 4.00. The largest absolute Gasteiger partial charge is 0.371 e. The lowest BCUT2D eigenvalue weighted by molar-refractivity contribution is -0.0586. The van der Waals surface area contributed by atoms with Gasteiger partial charge in [0.25, 0.3) is 17.4 Å². The van der Waals surface area contributed by atoms with Crippen molar-refractivity contribution in [1.82, 2.24) is 14.4 Å². The van der Waals surface area contributed by atoms with Gasteiger partial charge in [-0.1, -0.05) is 23.3 Å². The van der Waals surface area contributed by atoms with Crippen LogP contribution in [-0.2, 0) is 4.84 Å². The van der Waals surface area contributed by atoms with E-state index in [0.717, 1.165) is 11.8 Å². The van der Waals surface area contributed by atoms with E-state index in [0.29, 0.717) is 10.7 Å². The van der Waals surface area contributed by atoms with Gasteiger partial charge in [0.15, 0.2) is 0 Å². The number of hydroxylamine groups is 2. The van der Waals surface area contributed by atoms with Crippen LogP contribution in [0.1, 0.15) is 36.6 Å². The molecule has 2 amide bonds. The van der Waals surface area contributed by atoms with Crippen molar-refractivity contribution < 1.29 is 19.2 Å². The number of amides is 2. The molecule has 0 fully saturated rings. The summed E-state index contributed by atoms with van der Waals surface area (Å²) in [5.41, 5.74) is 0.388. The van der Waals surface area contributed by atoms with E-state index in [1.165, 1.54) is 22.7 Å². The highest BCUT2D eigenvalue weighted by atomic mass is 16.7. The minimum Gasteiger partial charge on any atom is -0.324 e. The predicted molar refractivity (Wildman–Crippen MR) is 88.6 cm³/mol. The van der Waals surface area contributed by atoms with E-state index in [2.05, 4.69) is 4.98 Å². The van der Waals surface area contributed by atoms with Crippen LogP contribution in [0.3, 0.4) is 0 Å². The average Bonchev–Trinajstić information content (AvgIpc) is 2.88. The Morgan fingerprint density at radius 2 is 1.65 bits per heavy atom. The maximum atomic E-state index is 12.5. The van der Waals surface area contributed by atoms with Crippen molar-refractivity contribution in [3.63, 3.8) is 0 Å². The second-order valence-electron chi connectivity index (χ2n) is 5.74. The van der Waals surface area contributed by atoms with E-state index >= 15 is 0 Å². The van der Waals surface area contributed by atoms with Crippen molar-refractivity contribution in [1.29, 1.82) is 0 Å². The predicted octanol–water partition coefficient (Wildman–Crippen LogP) is 1.37. The SMILES string of the molecule is Cc1ccc2ncc(C(=O)ON3C(=O)c4ccccc4C3=O)c(=O)n2c1. The van der Waals surface area contributed by atoms with Crippen molar-refractivity contribution in [2.24, 2.45) is 0 Å². The normalized spacial score (nSPS) is 13.2. The fraction of sp³-hybridized carbons (Fsp3) is 0.0556. The molecule has 0 bridgehead atoms. The molecule has 0 saturated heterocycles. The lowest BCUT2D eigenvalue weighted by Crippen LogP contribution is -2.35. The van der Waals surface area contributed by atoms with E-state index in [-0.39, 0.29) is 16.7 Å². The summed E-state index contributed by atoms with van der Waals surface area (Å²) in [6, 6.07) is 9.51. The maximum Gasteiger partial charge on any atom is 0.371 e. The summed E-state index contributed by atoms with van der Waals surface area (Å²) in [4.78, 5) is 58.3. The number of pyridine rings is 1. The molecule has 3 heterocycles. The maximum absolute atomic E-state index is 12.5. The van der Waals surface area contributed by atoms with Crippen molar-refractivity contribution >= 4 is 23.4 Å². The molecule has 3 aromatic rings. The Balaban J connectivity index is 1.69. The summed E-state index contributed by atoms with van der Waals surface area (Å²) in [6.07, 6.45) is 2.59. The molecule has 128 valence electrons. The summed E-state index contributed by atoms with van der Waals surface area (Å²) < 4.78 is 1.20. The van der Waals surface area contributed by atoms with E-state index < -0.39 is 23.3 Å². The summed E-state index contributed by atoms with van der Waals surface area (Å²) in [5.74, 6) is -2.65. The first kappa shape index (κ1) is 15.7. The Bertz CT molecular complexity index is 1130. The first-order valence-electron chi connectivity index (χ1n) is 7.65. The molecule has 0 N–H and O–H groups in total. The van der Waals surface area contributed by atoms with Gasteiger partial charge in [-0.3, -0.25) is 18.8 Å². The summed E-state index contributed by atoms with van der Waals surface area (Å²) in [5, 5.41) is 0.359. The fourth-order valence-corrected chi connectivity index (χ4v) is 2.70. The molecule has 8 nitrogen and oxygen atoms in total. The topological polar surface area (TPSA) is 98.0 Å². The summed E-state index contributed by atoms with van der Waals surface area (Å²) in [6.45, 7) is 1.79. The van der Waals surface area contributed by atoms with Gasteiger partial charge < -0.3 is 4.84 Å². The molecule has 0 unspecified atom stereocenters. The fourth-order valence-electron chi connectivity index (χ4n) is 2.70. The molecule has 1 aliphatic rings. The van der Waals surface area contributed by atoms with Crippen LogP contribution < -0.4 is 5.56 Å². The number of hydrogen-bond donors (Lipinski definition) is 0. The Hall–Kier alpha value is -3.81. The van der Waals surface area contributed by atoms with E-state index in [1.807, 2.05) is 0 Å². The smallest absolute Gasteiger partial charge is 0.324 e. The van der Waals surface area contributed by atoms with Crippen molar-refractivity contribution in [2.45, 2.75) is 6.92 Å². The first-order valence-corrected chi connectivity index (χ1v) is 7.65. The molecule has 4 rings (SSSR count). The molecule has 1 aliphatic heterocycles. The van der Waals surface area contributed by atoms with Crippen LogP contribution in [0.4, 0.5) is 0 Å². The zero-order chi connectivity index (χ0) is 18.4. The molecule has 0 aliphatic carbocycles. The monoisotopic (exact) mass is 349 g/mol. The van der Waals surface area contributed by atoms with Gasteiger partial charge in [-0.25, -0.2) is 9.78 Å². The van der Waals surface area contributed by atoms with Gasteiger partial charge >= 0.3 is 5.97 Å². The van der Waals surface area contributed by atoms with Gasteiger partial charge in [0, 0.05) is 12.4 Å². The quantitative estimate of drug-likeness (QED) is 0.648. The molecule has 0 spiro atoms. The van der Waals surface area contributed by atoms with E-state index in [1.54, 1.807) is 31.2 Å². The zero-order valence-corrected chi connectivity index (χ0v) is 13.5. The van der Waals surface area contributed by atoms with Crippen molar-refractivity contribution in [3.05, 3.63) is 81.4 Å². The van der Waals surface area contributed by atoms with Crippen LogP contribution in [0.5, 0.6) is 0 Å². The number of fused-ring (bicyclic) bond motifs is 2. The number of imide groups is 1. The minimum atomic E-state index is -1.13. The van der Waals surface area contributed by atoms with Crippen LogP contribution in [-0.4, -0.2) is 32.2 Å². The number of rotatable bonds is 2. The molecular formula is C18H11N3O5. The Kier molecular flexibility index (Phi) is 3.40. The Morgan fingerprint density at radius 1 is 1.00 bits per heavy atom. The van der Waals surface area contributed by atoms with Crippen LogP contribution in [0.2, 0.25) is 0 Å². The highest BCUT2D eigenvalue weighted by molar-refractivity contribution is 6.21. The second kappa shape index (κ2) is 5.62. The summed E-state index contributed by atoms with van der Waals surface area (Å²) in [7, 11) is 0. The lowest BCUT2D eigenvalue weighted by atomic mass is 10.1. The Morgan fingerprint density at radius 3 is 2.31 bits per heavy atom. The number of aromatic nitrogens is 2. The van der Waals surface area contributed by atoms with E-state index in [4.69, 9.17) is 4.84 Å². The average molecular weight is 349 g/mol. The molecule has 2 aromatic heterocycles. The van der Waals surface area contributed by atoms with Gasteiger partial charge in [-0.2, -0.15) is 0 Å². The molecule has 0 atom stereocenters. The zero-order valence-electron chi connectivity index (χ0n) is 13.5. The molecule has 0 saturated carbocycles. The van der Waals surface area contributed by atoms with E-state index in [9.17, 15) is 19.2 Å². The third kappa shape index (κ3) is 2.27. The second-order valence-corrected chi connectivity index (χ2v) is 5.74.